The number of aryl methyl sites for hydroxylation is 1. The summed E-state index contributed by atoms with van der Waals surface area (Å²) in [5.41, 5.74) is 1.45. The molecule has 0 saturated carbocycles. The van der Waals surface area contributed by atoms with Gasteiger partial charge in [0.2, 0.25) is 0 Å². The topological polar surface area (TPSA) is 90.9 Å². The Morgan fingerprint density at radius 2 is 2.00 bits per heavy atom. The largest absolute Gasteiger partial charge is 0.368 e. The highest BCUT2D eigenvalue weighted by molar-refractivity contribution is 7.16. The number of anilines is 1. The lowest BCUT2D eigenvalue weighted by molar-refractivity contribution is 0.202. The minimum atomic E-state index is -1.10. The third-order valence-electron chi connectivity index (χ3n) is 3.16. The van der Waals surface area contributed by atoms with Crippen molar-refractivity contribution in [1.82, 2.24) is 15.2 Å². The van der Waals surface area contributed by atoms with Crippen LogP contribution in [0.5, 0.6) is 0 Å². The third-order valence-corrected chi connectivity index (χ3v) is 4.06. The smallest absolute Gasteiger partial charge is 0.264 e. The van der Waals surface area contributed by atoms with E-state index < -0.39 is 6.23 Å². The number of hydrogen-bond acceptors (Lipinski definition) is 6. The van der Waals surface area contributed by atoms with E-state index in [1.807, 2.05) is 6.92 Å². The van der Waals surface area contributed by atoms with Crippen molar-refractivity contribution in [2.24, 2.45) is 0 Å². The van der Waals surface area contributed by atoms with Crippen LogP contribution in [0.25, 0.3) is 11.3 Å². The van der Waals surface area contributed by atoms with Crippen LogP contribution < -0.4 is 10.9 Å². The molecule has 23 heavy (non-hydrogen) atoms. The van der Waals surface area contributed by atoms with E-state index in [9.17, 15) is 14.3 Å². The number of aliphatic hydroxyl groups excluding tert-OH is 1. The summed E-state index contributed by atoms with van der Waals surface area (Å²) in [7, 11) is 0. The molecule has 0 aliphatic rings. The standard InChI is InChI=1S/C15H13FN4O2S/c1-8-13(9-2-4-10(16)5-3-9)17-15(23-8)18-14(22)11-6-7-12(21)20-19-11/h2-7,14,22H,1H3,(H,17,18)(H,20,21). The van der Waals surface area contributed by atoms with Crippen LogP contribution >= 0.6 is 11.3 Å². The zero-order chi connectivity index (χ0) is 16.4. The van der Waals surface area contributed by atoms with Crippen LogP contribution in [0.15, 0.2) is 41.2 Å². The fourth-order valence-corrected chi connectivity index (χ4v) is 2.89. The molecule has 0 aliphatic heterocycles. The SMILES string of the molecule is Cc1sc(NC(O)c2ccc(=O)[nH]n2)nc1-c1ccc(F)cc1. The van der Waals surface area contributed by atoms with Gasteiger partial charge in [-0.1, -0.05) is 0 Å². The van der Waals surface area contributed by atoms with E-state index in [-0.39, 0.29) is 17.1 Å². The third kappa shape index (κ3) is 3.43. The molecule has 2 heterocycles. The van der Waals surface area contributed by atoms with Crippen LogP contribution in [0.2, 0.25) is 0 Å². The van der Waals surface area contributed by atoms with E-state index in [4.69, 9.17) is 0 Å². The highest BCUT2D eigenvalue weighted by Gasteiger charge is 2.14. The van der Waals surface area contributed by atoms with Crippen LogP contribution in [0, 0.1) is 12.7 Å². The minimum absolute atomic E-state index is 0.279. The second-order valence-corrected chi connectivity index (χ2v) is 6.03. The molecular weight excluding hydrogens is 319 g/mol. The molecule has 2 aromatic heterocycles. The van der Waals surface area contributed by atoms with Gasteiger partial charge in [-0.05, 0) is 37.3 Å². The Morgan fingerprint density at radius 1 is 1.26 bits per heavy atom. The second-order valence-electron chi connectivity index (χ2n) is 4.82. The first-order chi connectivity index (χ1) is 11.0. The van der Waals surface area contributed by atoms with E-state index in [2.05, 4.69) is 20.5 Å². The Morgan fingerprint density at radius 3 is 2.65 bits per heavy atom. The summed E-state index contributed by atoms with van der Waals surface area (Å²) in [5.74, 6) is -0.306. The molecular formula is C15H13FN4O2S. The molecule has 0 bridgehead atoms. The van der Waals surface area contributed by atoms with Gasteiger partial charge in [0.05, 0.1) is 5.69 Å². The number of halogens is 1. The number of hydrogen-bond donors (Lipinski definition) is 3. The molecule has 0 saturated heterocycles. The number of aliphatic hydroxyl groups is 1. The fraction of sp³-hybridized carbons (Fsp3) is 0.133. The number of H-pyrrole nitrogens is 1. The van der Waals surface area contributed by atoms with Crippen molar-refractivity contribution in [3.63, 3.8) is 0 Å². The average molecular weight is 332 g/mol. The summed E-state index contributed by atoms with van der Waals surface area (Å²) in [6.45, 7) is 1.90. The van der Waals surface area contributed by atoms with Crippen LogP contribution in [-0.4, -0.2) is 20.3 Å². The first-order valence-corrected chi connectivity index (χ1v) is 7.58. The van der Waals surface area contributed by atoms with Crippen LogP contribution in [0.1, 0.15) is 16.8 Å². The van der Waals surface area contributed by atoms with Crippen LogP contribution in [0.3, 0.4) is 0 Å². The average Bonchev–Trinajstić information content (AvgIpc) is 2.89. The summed E-state index contributed by atoms with van der Waals surface area (Å²) < 4.78 is 13.0. The fourth-order valence-electron chi connectivity index (χ4n) is 2.03. The van der Waals surface area contributed by atoms with Crippen molar-refractivity contribution >= 4 is 16.5 Å². The molecule has 118 valence electrons. The Hall–Kier alpha value is -2.58. The Kier molecular flexibility index (Phi) is 4.18. The molecule has 6 nitrogen and oxygen atoms in total. The molecule has 0 amide bonds. The van der Waals surface area contributed by atoms with Gasteiger partial charge in [-0.2, -0.15) is 5.10 Å². The maximum Gasteiger partial charge on any atom is 0.264 e. The van der Waals surface area contributed by atoms with Gasteiger partial charge in [0.1, 0.15) is 11.5 Å². The van der Waals surface area contributed by atoms with Gasteiger partial charge in [-0.25, -0.2) is 14.5 Å². The summed E-state index contributed by atoms with van der Waals surface area (Å²) in [6, 6.07) is 8.77. The molecule has 0 fully saturated rings. The summed E-state index contributed by atoms with van der Waals surface area (Å²) in [4.78, 5) is 16.3. The Bertz CT molecular complexity index is 855. The predicted molar refractivity (Wildman–Crippen MR) is 85.7 cm³/mol. The first-order valence-electron chi connectivity index (χ1n) is 6.76. The quantitative estimate of drug-likeness (QED) is 0.638. The Balaban J connectivity index is 1.81. The molecule has 8 heteroatoms. The number of aromatic amines is 1. The molecule has 1 atom stereocenters. The van der Waals surface area contributed by atoms with Crippen molar-refractivity contribution in [1.29, 1.82) is 0 Å². The lowest BCUT2D eigenvalue weighted by Gasteiger charge is -2.09. The van der Waals surface area contributed by atoms with Crippen LogP contribution in [0.4, 0.5) is 9.52 Å². The van der Waals surface area contributed by atoms with E-state index in [0.29, 0.717) is 5.13 Å². The Labute approximate surface area is 134 Å². The maximum absolute atomic E-state index is 13.0. The van der Waals surface area contributed by atoms with Crippen molar-refractivity contribution in [3.8, 4) is 11.3 Å². The summed E-state index contributed by atoms with van der Waals surface area (Å²) in [6.07, 6.45) is -1.10. The highest BCUT2D eigenvalue weighted by atomic mass is 32.1. The second kappa shape index (κ2) is 6.27. The molecule has 1 unspecified atom stereocenters. The molecule has 0 aliphatic carbocycles. The van der Waals surface area contributed by atoms with Crippen molar-refractivity contribution in [2.45, 2.75) is 13.2 Å². The van der Waals surface area contributed by atoms with E-state index in [1.165, 1.54) is 35.6 Å². The van der Waals surface area contributed by atoms with Gasteiger partial charge in [0.25, 0.3) is 5.56 Å². The number of nitrogens with zero attached hydrogens (tertiary/aromatic N) is 2. The highest BCUT2D eigenvalue weighted by Crippen LogP contribution is 2.31. The van der Waals surface area contributed by atoms with Gasteiger partial charge in [-0.15, -0.1) is 11.3 Å². The molecule has 3 N–H and O–H groups in total. The summed E-state index contributed by atoms with van der Waals surface area (Å²) >= 11 is 1.36. The van der Waals surface area contributed by atoms with Gasteiger partial charge in [0, 0.05) is 16.5 Å². The minimum Gasteiger partial charge on any atom is -0.368 e. The molecule has 1 aromatic carbocycles. The van der Waals surface area contributed by atoms with E-state index in [0.717, 1.165) is 16.1 Å². The normalized spacial score (nSPS) is 12.1. The van der Waals surface area contributed by atoms with Crippen LogP contribution in [-0.2, 0) is 0 Å². The number of nitrogens with one attached hydrogen (secondary N) is 2. The monoisotopic (exact) mass is 332 g/mol. The van der Waals surface area contributed by atoms with Crippen molar-refractivity contribution < 1.29 is 9.50 Å². The van der Waals surface area contributed by atoms with E-state index >= 15 is 0 Å². The number of aromatic nitrogens is 3. The van der Waals surface area contributed by atoms with Gasteiger partial charge >= 0.3 is 0 Å². The lowest BCUT2D eigenvalue weighted by Crippen LogP contribution is -2.15. The van der Waals surface area contributed by atoms with E-state index in [1.54, 1.807) is 12.1 Å². The molecule has 3 rings (SSSR count). The molecule has 0 spiro atoms. The zero-order valence-electron chi connectivity index (χ0n) is 12.1. The molecule has 0 radical (unpaired) electrons. The molecule has 3 aromatic rings. The number of rotatable bonds is 4. The van der Waals surface area contributed by atoms with Crippen molar-refractivity contribution in [2.75, 3.05) is 5.32 Å². The van der Waals surface area contributed by atoms with Crippen molar-refractivity contribution in [3.05, 3.63) is 63.1 Å². The zero-order valence-corrected chi connectivity index (χ0v) is 12.9. The number of benzene rings is 1. The summed E-state index contributed by atoms with van der Waals surface area (Å²) in [5, 5.41) is 19.4. The van der Waals surface area contributed by atoms with Gasteiger partial charge in [-0.3, -0.25) is 4.79 Å². The number of thiazole rings is 1. The first kappa shape index (κ1) is 15.3. The maximum atomic E-state index is 13.0. The van der Waals surface area contributed by atoms with Gasteiger partial charge in [0.15, 0.2) is 11.4 Å². The predicted octanol–water partition coefficient (Wildman–Crippen LogP) is 2.44. The van der Waals surface area contributed by atoms with Gasteiger partial charge < -0.3 is 10.4 Å². The lowest BCUT2D eigenvalue weighted by atomic mass is 10.1.